The van der Waals surface area contributed by atoms with Crippen LogP contribution in [0.3, 0.4) is 0 Å². The Morgan fingerprint density at radius 2 is 2.06 bits per heavy atom. The average molecular weight is 232 g/mol. The first-order chi connectivity index (χ1) is 8.08. The van der Waals surface area contributed by atoms with Crippen molar-refractivity contribution < 1.29 is 14.7 Å². The van der Waals surface area contributed by atoms with E-state index in [9.17, 15) is 9.59 Å². The Balaban J connectivity index is 2.42. The number of aromatic nitrogens is 3. The first kappa shape index (κ1) is 10.8. The van der Waals surface area contributed by atoms with E-state index in [0.717, 1.165) is 0 Å². The van der Waals surface area contributed by atoms with Crippen molar-refractivity contribution in [3.05, 3.63) is 42.0 Å². The highest BCUT2D eigenvalue weighted by molar-refractivity contribution is 5.90. The topological polar surface area (TPSA) is 111 Å². The van der Waals surface area contributed by atoms with Crippen molar-refractivity contribution in [1.82, 2.24) is 14.8 Å². The molecule has 0 bridgehead atoms. The molecule has 7 nitrogen and oxygen atoms in total. The SMILES string of the molecule is NC(=O)c1ccn(-c2ccnc(C(=O)O)c2)n1. The summed E-state index contributed by atoms with van der Waals surface area (Å²) in [4.78, 5) is 25.3. The van der Waals surface area contributed by atoms with Gasteiger partial charge in [-0.15, -0.1) is 0 Å². The van der Waals surface area contributed by atoms with E-state index in [1.165, 1.54) is 29.2 Å². The minimum atomic E-state index is -1.13. The molecule has 0 aromatic carbocycles. The second-order valence-corrected chi connectivity index (χ2v) is 3.21. The van der Waals surface area contributed by atoms with Gasteiger partial charge in [0.05, 0.1) is 5.69 Å². The van der Waals surface area contributed by atoms with Gasteiger partial charge in [0.1, 0.15) is 11.4 Å². The largest absolute Gasteiger partial charge is 0.477 e. The number of carboxylic acids is 1. The summed E-state index contributed by atoms with van der Waals surface area (Å²) < 4.78 is 1.36. The van der Waals surface area contributed by atoms with Crippen molar-refractivity contribution in [3.8, 4) is 5.69 Å². The van der Waals surface area contributed by atoms with E-state index < -0.39 is 11.9 Å². The number of rotatable bonds is 3. The number of hydrogen-bond acceptors (Lipinski definition) is 4. The zero-order valence-corrected chi connectivity index (χ0v) is 8.57. The fraction of sp³-hybridized carbons (Fsp3) is 0. The smallest absolute Gasteiger partial charge is 0.354 e. The van der Waals surface area contributed by atoms with E-state index in [-0.39, 0.29) is 11.4 Å². The number of carbonyl (C=O) groups excluding carboxylic acids is 1. The Kier molecular flexibility index (Phi) is 2.57. The van der Waals surface area contributed by atoms with Gasteiger partial charge in [-0.05, 0) is 18.2 Å². The van der Waals surface area contributed by atoms with Crippen molar-refractivity contribution in [2.24, 2.45) is 5.73 Å². The molecule has 1 amide bonds. The predicted octanol–water partition coefficient (Wildman–Crippen LogP) is 0.0644. The Bertz CT molecular complexity index is 591. The van der Waals surface area contributed by atoms with E-state index in [0.29, 0.717) is 5.69 Å². The maximum Gasteiger partial charge on any atom is 0.354 e. The molecule has 0 fully saturated rings. The molecule has 2 aromatic heterocycles. The van der Waals surface area contributed by atoms with Gasteiger partial charge in [-0.2, -0.15) is 5.10 Å². The molecule has 0 unspecified atom stereocenters. The van der Waals surface area contributed by atoms with Crippen LogP contribution in [0.5, 0.6) is 0 Å². The van der Waals surface area contributed by atoms with Crippen LogP contribution in [0.25, 0.3) is 5.69 Å². The second kappa shape index (κ2) is 4.05. The van der Waals surface area contributed by atoms with Crippen LogP contribution < -0.4 is 5.73 Å². The molecule has 0 spiro atoms. The molecule has 0 atom stereocenters. The van der Waals surface area contributed by atoms with Gasteiger partial charge in [-0.1, -0.05) is 0 Å². The molecule has 0 radical (unpaired) electrons. The zero-order chi connectivity index (χ0) is 12.4. The number of aromatic carboxylic acids is 1. The monoisotopic (exact) mass is 232 g/mol. The summed E-state index contributed by atoms with van der Waals surface area (Å²) in [5.74, 6) is -1.77. The number of amides is 1. The van der Waals surface area contributed by atoms with Crippen molar-refractivity contribution in [2.75, 3.05) is 0 Å². The zero-order valence-electron chi connectivity index (χ0n) is 8.57. The maximum atomic E-state index is 10.9. The van der Waals surface area contributed by atoms with Crippen LogP contribution in [-0.2, 0) is 0 Å². The summed E-state index contributed by atoms with van der Waals surface area (Å²) in [5, 5.41) is 12.7. The van der Waals surface area contributed by atoms with Gasteiger partial charge in [0.2, 0.25) is 0 Å². The highest BCUT2D eigenvalue weighted by Gasteiger charge is 2.09. The van der Waals surface area contributed by atoms with E-state index in [1.54, 1.807) is 6.07 Å². The first-order valence-electron chi connectivity index (χ1n) is 4.63. The summed E-state index contributed by atoms with van der Waals surface area (Å²) >= 11 is 0. The molecule has 0 saturated carbocycles. The third-order valence-corrected chi connectivity index (χ3v) is 2.07. The quantitative estimate of drug-likeness (QED) is 0.777. The molecule has 3 N–H and O–H groups in total. The van der Waals surface area contributed by atoms with Crippen molar-refractivity contribution >= 4 is 11.9 Å². The molecule has 2 aromatic rings. The maximum absolute atomic E-state index is 10.9. The van der Waals surface area contributed by atoms with Crippen molar-refractivity contribution in [1.29, 1.82) is 0 Å². The lowest BCUT2D eigenvalue weighted by atomic mass is 10.3. The van der Waals surface area contributed by atoms with Gasteiger partial charge >= 0.3 is 5.97 Å². The van der Waals surface area contributed by atoms with Crippen LogP contribution in [0.4, 0.5) is 0 Å². The van der Waals surface area contributed by atoms with Crippen LogP contribution in [0.2, 0.25) is 0 Å². The Morgan fingerprint density at radius 3 is 2.65 bits per heavy atom. The van der Waals surface area contributed by atoms with Crippen molar-refractivity contribution in [3.63, 3.8) is 0 Å². The fourth-order valence-electron chi connectivity index (χ4n) is 1.28. The number of nitrogens with zero attached hydrogens (tertiary/aromatic N) is 3. The van der Waals surface area contributed by atoms with E-state index in [1.807, 2.05) is 0 Å². The second-order valence-electron chi connectivity index (χ2n) is 3.21. The molecule has 0 aliphatic carbocycles. The lowest BCUT2D eigenvalue weighted by Crippen LogP contribution is -2.12. The molecule has 2 rings (SSSR count). The average Bonchev–Trinajstić information content (AvgIpc) is 2.78. The Labute approximate surface area is 95.5 Å². The highest BCUT2D eigenvalue weighted by Crippen LogP contribution is 2.08. The van der Waals surface area contributed by atoms with E-state index in [2.05, 4.69) is 10.1 Å². The summed E-state index contributed by atoms with van der Waals surface area (Å²) in [6.45, 7) is 0. The summed E-state index contributed by atoms with van der Waals surface area (Å²) in [6.07, 6.45) is 2.87. The summed E-state index contributed by atoms with van der Waals surface area (Å²) in [6, 6.07) is 4.37. The van der Waals surface area contributed by atoms with E-state index in [4.69, 9.17) is 10.8 Å². The Morgan fingerprint density at radius 1 is 1.29 bits per heavy atom. The molecular formula is C10H8N4O3. The van der Waals surface area contributed by atoms with E-state index >= 15 is 0 Å². The third kappa shape index (κ3) is 2.12. The van der Waals surface area contributed by atoms with Crippen molar-refractivity contribution in [2.45, 2.75) is 0 Å². The van der Waals surface area contributed by atoms with Gasteiger partial charge in [-0.25, -0.2) is 14.5 Å². The number of nitrogens with two attached hydrogens (primary N) is 1. The molecule has 86 valence electrons. The first-order valence-corrected chi connectivity index (χ1v) is 4.63. The molecule has 0 aliphatic heterocycles. The normalized spacial score (nSPS) is 10.1. The van der Waals surface area contributed by atoms with Gasteiger partial charge < -0.3 is 10.8 Å². The van der Waals surface area contributed by atoms with Crippen LogP contribution in [0.1, 0.15) is 21.0 Å². The predicted molar refractivity (Wildman–Crippen MR) is 56.8 cm³/mol. The summed E-state index contributed by atoms with van der Waals surface area (Å²) in [7, 11) is 0. The standard InChI is InChI=1S/C10H8N4O3/c11-9(15)7-2-4-14(13-7)6-1-3-12-8(5-6)10(16)17/h1-5H,(H2,11,15)(H,16,17). The third-order valence-electron chi connectivity index (χ3n) is 2.07. The molecule has 17 heavy (non-hydrogen) atoms. The van der Waals surface area contributed by atoms with Gasteiger partial charge in [0.25, 0.3) is 5.91 Å². The van der Waals surface area contributed by atoms with Crippen LogP contribution in [-0.4, -0.2) is 31.7 Å². The molecule has 7 heteroatoms. The molecule has 0 aliphatic rings. The highest BCUT2D eigenvalue weighted by atomic mass is 16.4. The number of carboxylic acid groups (broad SMARTS) is 1. The Hall–Kier alpha value is -2.70. The fourth-order valence-corrected chi connectivity index (χ4v) is 1.28. The number of hydrogen-bond donors (Lipinski definition) is 2. The lowest BCUT2D eigenvalue weighted by Gasteiger charge is -2.01. The molecule has 0 saturated heterocycles. The van der Waals surface area contributed by atoms with Crippen LogP contribution in [0.15, 0.2) is 30.6 Å². The minimum absolute atomic E-state index is 0.0985. The molecule has 2 heterocycles. The van der Waals surface area contributed by atoms with Crippen LogP contribution >= 0.6 is 0 Å². The number of primary amides is 1. The number of pyridine rings is 1. The van der Waals surface area contributed by atoms with Gasteiger partial charge in [0.15, 0.2) is 0 Å². The minimum Gasteiger partial charge on any atom is -0.477 e. The summed E-state index contributed by atoms with van der Waals surface area (Å²) in [5.41, 5.74) is 5.56. The number of carbonyl (C=O) groups is 2. The van der Waals surface area contributed by atoms with Gasteiger partial charge in [-0.3, -0.25) is 4.79 Å². The van der Waals surface area contributed by atoms with Gasteiger partial charge in [0, 0.05) is 12.4 Å². The van der Waals surface area contributed by atoms with Crippen LogP contribution in [0, 0.1) is 0 Å². The molecular weight excluding hydrogens is 224 g/mol. The lowest BCUT2D eigenvalue weighted by molar-refractivity contribution is 0.0690.